The van der Waals surface area contributed by atoms with Crippen molar-refractivity contribution in [1.29, 1.82) is 5.41 Å². The van der Waals surface area contributed by atoms with Crippen LogP contribution in [0.15, 0.2) is 18.2 Å². The lowest BCUT2D eigenvalue weighted by Gasteiger charge is -2.30. The van der Waals surface area contributed by atoms with E-state index >= 15 is 0 Å². The molecule has 1 saturated heterocycles. The molecule has 3 rings (SSSR count). The molecule has 0 spiro atoms. The van der Waals surface area contributed by atoms with Crippen LogP contribution in [0.4, 0.5) is 11.4 Å². The number of H-pyrrole nitrogens is 1. The molecule has 1 aromatic heterocycles. The normalized spacial score (nSPS) is 14.8. The Kier molecular flexibility index (Phi) is 5.15. The van der Waals surface area contributed by atoms with Gasteiger partial charge in [-0.2, -0.15) is 0 Å². The summed E-state index contributed by atoms with van der Waals surface area (Å²) in [6.07, 6.45) is 4.43. The molecule has 0 radical (unpaired) electrons. The number of nitrogens with zero attached hydrogens (tertiary/aromatic N) is 2. The van der Waals surface area contributed by atoms with Crippen molar-refractivity contribution in [3.8, 4) is 11.3 Å². The summed E-state index contributed by atoms with van der Waals surface area (Å²) in [5, 5.41) is 11.1. The van der Waals surface area contributed by atoms with Gasteiger partial charge in [-0.3, -0.25) is 0 Å². The zero-order chi connectivity index (χ0) is 16.9. The van der Waals surface area contributed by atoms with Gasteiger partial charge in [0.05, 0.1) is 11.4 Å². The Morgan fingerprint density at radius 2 is 2.12 bits per heavy atom. The van der Waals surface area contributed by atoms with E-state index in [0.29, 0.717) is 5.69 Å². The van der Waals surface area contributed by atoms with E-state index < -0.39 is 0 Å². The van der Waals surface area contributed by atoms with Gasteiger partial charge in [0, 0.05) is 55.8 Å². The molecule has 1 fully saturated rings. The zero-order valence-corrected chi connectivity index (χ0v) is 14.2. The van der Waals surface area contributed by atoms with E-state index in [0.717, 1.165) is 73.9 Å². The summed E-state index contributed by atoms with van der Waals surface area (Å²) >= 11 is 0. The van der Waals surface area contributed by atoms with Gasteiger partial charge in [-0.1, -0.05) is 13.3 Å². The second-order valence-corrected chi connectivity index (χ2v) is 6.20. The van der Waals surface area contributed by atoms with E-state index in [1.807, 2.05) is 6.07 Å². The van der Waals surface area contributed by atoms with Crippen LogP contribution in [0, 0.1) is 5.41 Å². The maximum Gasteiger partial charge on any atom is 0.107 e. The van der Waals surface area contributed by atoms with Gasteiger partial charge in [0.15, 0.2) is 0 Å². The summed E-state index contributed by atoms with van der Waals surface area (Å²) in [5.74, 6) is 0.928. The predicted octanol–water partition coefficient (Wildman–Crippen LogP) is 2.41. The number of rotatable bonds is 6. The van der Waals surface area contributed by atoms with Crippen LogP contribution in [0.1, 0.15) is 31.3 Å². The SMILES string of the molecule is CCCCc1nc(-c2cc(N3CCNCC3)ccc2N)c(C=N)[nH]1. The molecule has 1 aliphatic heterocycles. The molecule has 24 heavy (non-hydrogen) atoms. The molecule has 2 aromatic rings. The lowest BCUT2D eigenvalue weighted by molar-refractivity contribution is 0.589. The third kappa shape index (κ3) is 3.43. The lowest BCUT2D eigenvalue weighted by atomic mass is 10.1. The molecule has 1 aromatic carbocycles. The fourth-order valence-electron chi connectivity index (χ4n) is 3.08. The number of benzene rings is 1. The monoisotopic (exact) mass is 326 g/mol. The Labute approximate surface area is 143 Å². The molecule has 6 heteroatoms. The Bertz CT molecular complexity index is 700. The van der Waals surface area contributed by atoms with Gasteiger partial charge in [0.2, 0.25) is 0 Å². The molecule has 2 heterocycles. The third-order valence-electron chi connectivity index (χ3n) is 4.47. The maximum absolute atomic E-state index is 7.69. The molecular weight excluding hydrogens is 300 g/mol. The van der Waals surface area contributed by atoms with E-state index in [9.17, 15) is 0 Å². The highest BCUT2D eigenvalue weighted by molar-refractivity contribution is 5.89. The number of piperazine rings is 1. The number of nitrogens with two attached hydrogens (primary N) is 1. The van der Waals surface area contributed by atoms with Crippen molar-refractivity contribution in [2.24, 2.45) is 0 Å². The molecule has 0 unspecified atom stereocenters. The van der Waals surface area contributed by atoms with Crippen molar-refractivity contribution in [2.45, 2.75) is 26.2 Å². The number of unbranched alkanes of at least 4 members (excludes halogenated alkanes) is 1. The van der Waals surface area contributed by atoms with Gasteiger partial charge < -0.3 is 26.3 Å². The van der Waals surface area contributed by atoms with Gasteiger partial charge in [0.25, 0.3) is 0 Å². The van der Waals surface area contributed by atoms with Crippen molar-refractivity contribution >= 4 is 17.6 Å². The third-order valence-corrected chi connectivity index (χ3v) is 4.47. The molecule has 0 saturated carbocycles. The average molecular weight is 326 g/mol. The van der Waals surface area contributed by atoms with Gasteiger partial charge >= 0.3 is 0 Å². The largest absolute Gasteiger partial charge is 0.398 e. The number of hydrogen-bond donors (Lipinski definition) is 4. The van der Waals surface area contributed by atoms with Crippen molar-refractivity contribution in [3.05, 3.63) is 29.7 Å². The first-order chi connectivity index (χ1) is 11.7. The van der Waals surface area contributed by atoms with Gasteiger partial charge in [-0.25, -0.2) is 4.98 Å². The van der Waals surface area contributed by atoms with Crippen LogP contribution in [0.5, 0.6) is 0 Å². The summed E-state index contributed by atoms with van der Waals surface area (Å²) in [7, 11) is 0. The van der Waals surface area contributed by atoms with Crippen LogP contribution in [0.25, 0.3) is 11.3 Å². The second kappa shape index (κ2) is 7.49. The summed E-state index contributed by atoms with van der Waals surface area (Å²) in [5.41, 5.74) is 10.5. The minimum atomic E-state index is 0.700. The molecule has 0 amide bonds. The topological polar surface area (TPSA) is 93.8 Å². The van der Waals surface area contributed by atoms with E-state index in [2.05, 4.69) is 34.3 Å². The number of imidazole rings is 1. The standard InChI is InChI=1S/C18H26N6/c1-2-3-4-17-22-16(12-19)18(23-17)14-11-13(5-6-15(14)20)24-9-7-21-8-10-24/h5-6,11-12,19,21H,2-4,7-10,20H2,1H3,(H,22,23). The van der Waals surface area contributed by atoms with Crippen LogP contribution in [0.2, 0.25) is 0 Å². The highest BCUT2D eigenvalue weighted by Gasteiger charge is 2.16. The Morgan fingerprint density at radius 1 is 1.33 bits per heavy atom. The van der Waals surface area contributed by atoms with Crippen molar-refractivity contribution in [3.63, 3.8) is 0 Å². The fourth-order valence-corrected chi connectivity index (χ4v) is 3.08. The molecule has 6 nitrogen and oxygen atoms in total. The smallest absolute Gasteiger partial charge is 0.107 e. The number of anilines is 2. The summed E-state index contributed by atoms with van der Waals surface area (Å²) in [6.45, 7) is 6.13. The van der Waals surface area contributed by atoms with Crippen LogP contribution in [0.3, 0.4) is 0 Å². The van der Waals surface area contributed by atoms with Gasteiger partial charge in [-0.05, 0) is 24.6 Å². The Balaban J connectivity index is 1.95. The van der Waals surface area contributed by atoms with Crippen LogP contribution < -0.4 is 16.0 Å². The van der Waals surface area contributed by atoms with E-state index in [1.165, 1.54) is 6.21 Å². The Hall–Kier alpha value is -2.34. The van der Waals surface area contributed by atoms with E-state index in [-0.39, 0.29) is 0 Å². The molecule has 0 bridgehead atoms. The quantitative estimate of drug-likeness (QED) is 0.484. The Morgan fingerprint density at radius 3 is 2.83 bits per heavy atom. The highest BCUT2D eigenvalue weighted by Crippen LogP contribution is 2.31. The summed E-state index contributed by atoms with van der Waals surface area (Å²) in [4.78, 5) is 10.3. The van der Waals surface area contributed by atoms with Crippen LogP contribution >= 0.6 is 0 Å². The molecular formula is C18H26N6. The number of nitrogen functional groups attached to an aromatic ring is 1. The minimum absolute atomic E-state index is 0.700. The number of hydrogen-bond acceptors (Lipinski definition) is 5. The number of aryl methyl sites for hydroxylation is 1. The predicted molar refractivity (Wildman–Crippen MR) is 100 cm³/mol. The molecule has 5 N–H and O–H groups in total. The van der Waals surface area contributed by atoms with E-state index in [4.69, 9.17) is 16.1 Å². The van der Waals surface area contributed by atoms with Gasteiger partial charge in [0.1, 0.15) is 5.82 Å². The van der Waals surface area contributed by atoms with Crippen LogP contribution in [-0.4, -0.2) is 42.4 Å². The molecule has 0 aliphatic carbocycles. The van der Waals surface area contributed by atoms with Crippen molar-refractivity contribution < 1.29 is 0 Å². The number of aromatic nitrogens is 2. The summed E-state index contributed by atoms with van der Waals surface area (Å²) in [6, 6.07) is 6.12. The summed E-state index contributed by atoms with van der Waals surface area (Å²) < 4.78 is 0. The molecule has 0 atom stereocenters. The zero-order valence-electron chi connectivity index (χ0n) is 14.2. The average Bonchev–Trinajstić information content (AvgIpc) is 3.04. The fraction of sp³-hybridized carbons (Fsp3) is 0.444. The maximum atomic E-state index is 7.69. The van der Waals surface area contributed by atoms with Crippen LogP contribution in [-0.2, 0) is 6.42 Å². The highest BCUT2D eigenvalue weighted by atomic mass is 15.2. The van der Waals surface area contributed by atoms with Crippen molar-refractivity contribution in [2.75, 3.05) is 36.8 Å². The number of nitrogens with one attached hydrogen (secondary N) is 3. The lowest BCUT2D eigenvalue weighted by Crippen LogP contribution is -2.43. The first kappa shape index (κ1) is 16.5. The minimum Gasteiger partial charge on any atom is -0.398 e. The second-order valence-electron chi connectivity index (χ2n) is 6.20. The molecule has 128 valence electrons. The number of aromatic amines is 1. The van der Waals surface area contributed by atoms with E-state index in [1.54, 1.807) is 0 Å². The van der Waals surface area contributed by atoms with Gasteiger partial charge in [-0.15, -0.1) is 0 Å². The first-order valence-electron chi connectivity index (χ1n) is 8.68. The molecule has 1 aliphatic rings. The first-order valence-corrected chi connectivity index (χ1v) is 8.68. The van der Waals surface area contributed by atoms with Crippen molar-refractivity contribution in [1.82, 2.24) is 15.3 Å².